The molecule has 1 N–H and O–H groups in total. The van der Waals surface area contributed by atoms with Crippen molar-refractivity contribution in [1.29, 1.82) is 0 Å². The van der Waals surface area contributed by atoms with E-state index >= 15 is 0 Å². The lowest BCUT2D eigenvalue weighted by Gasteiger charge is -2.03. The summed E-state index contributed by atoms with van der Waals surface area (Å²) < 4.78 is 5.38. The van der Waals surface area contributed by atoms with Crippen molar-refractivity contribution in [2.24, 2.45) is 0 Å². The molecule has 2 rings (SSSR count). The van der Waals surface area contributed by atoms with Crippen LogP contribution >= 0.6 is 0 Å². The quantitative estimate of drug-likeness (QED) is 0.818. The molecule has 1 heterocycles. The highest BCUT2D eigenvalue weighted by Gasteiger charge is 2.04. The highest BCUT2D eigenvalue weighted by Crippen LogP contribution is 2.13. The Morgan fingerprint density at radius 2 is 2.06 bits per heavy atom. The molecule has 0 aliphatic heterocycles. The van der Waals surface area contributed by atoms with Crippen LogP contribution in [0.25, 0.3) is 5.69 Å². The van der Waals surface area contributed by atoms with Crippen LogP contribution in [0.3, 0.4) is 0 Å². The van der Waals surface area contributed by atoms with E-state index in [-0.39, 0.29) is 0 Å². The van der Waals surface area contributed by atoms with Gasteiger partial charge in [0, 0.05) is 13.0 Å². The summed E-state index contributed by atoms with van der Waals surface area (Å²) in [7, 11) is 1.90. The second-order valence-corrected chi connectivity index (χ2v) is 3.78. The smallest absolute Gasteiger partial charge is 0.176 e. The second-order valence-electron chi connectivity index (χ2n) is 3.78. The van der Waals surface area contributed by atoms with Gasteiger partial charge < -0.3 is 10.1 Å². The minimum atomic E-state index is 0.662. The summed E-state index contributed by atoms with van der Waals surface area (Å²) in [5, 5.41) is 15.4. The molecule has 18 heavy (non-hydrogen) atoms. The predicted octanol–water partition coefficient (Wildman–Crippen LogP) is 0.823. The average molecular weight is 247 g/mol. The normalized spacial score (nSPS) is 10.6. The molecule has 1 aromatic heterocycles. The van der Waals surface area contributed by atoms with Crippen LogP contribution in [0.2, 0.25) is 0 Å². The molecule has 1 aromatic carbocycles. The van der Waals surface area contributed by atoms with Gasteiger partial charge in [-0.2, -0.15) is 0 Å². The van der Waals surface area contributed by atoms with Crippen molar-refractivity contribution < 1.29 is 4.74 Å². The Labute approximate surface area is 106 Å². The second kappa shape index (κ2) is 6.11. The fraction of sp³-hybridized carbons (Fsp3) is 0.417. The fourth-order valence-electron chi connectivity index (χ4n) is 1.53. The van der Waals surface area contributed by atoms with E-state index < -0.39 is 0 Å². The van der Waals surface area contributed by atoms with E-state index in [9.17, 15) is 0 Å². The zero-order valence-electron chi connectivity index (χ0n) is 10.6. The summed E-state index contributed by atoms with van der Waals surface area (Å²) >= 11 is 0. The molecule has 0 saturated carbocycles. The largest absolute Gasteiger partial charge is 0.494 e. The third-order valence-electron chi connectivity index (χ3n) is 2.43. The number of hydrogen-bond acceptors (Lipinski definition) is 5. The highest BCUT2D eigenvalue weighted by molar-refractivity contribution is 5.35. The van der Waals surface area contributed by atoms with Gasteiger partial charge in [-0.05, 0) is 43.5 Å². The number of nitrogens with one attached hydrogen (secondary N) is 1. The average Bonchev–Trinajstić information content (AvgIpc) is 2.86. The summed E-state index contributed by atoms with van der Waals surface area (Å²) in [4.78, 5) is 1.53. The fourth-order valence-corrected chi connectivity index (χ4v) is 1.53. The molecule has 6 nitrogen and oxygen atoms in total. The molecule has 0 radical (unpaired) electrons. The molecule has 0 fully saturated rings. The van der Waals surface area contributed by atoms with Gasteiger partial charge in [-0.1, -0.05) is 0 Å². The number of hydrogen-bond donors (Lipinski definition) is 1. The number of ether oxygens (including phenoxy) is 1. The van der Waals surface area contributed by atoms with Gasteiger partial charge in [-0.25, -0.2) is 0 Å². The Hall–Kier alpha value is -1.95. The van der Waals surface area contributed by atoms with Crippen molar-refractivity contribution in [3.8, 4) is 11.4 Å². The topological polar surface area (TPSA) is 64.9 Å². The maximum atomic E-state index is 5.38. The summed E-state index contributed by atoms with van der Waals surface area (Å²) in [6, 6.07) is 7.62. The van der Waals surface area contributed by atoms with Crippen LogP contribution < -0.4 is 10.1 Å². The lowest BCUT2D eigenvalue weighted by molar-refractivity contribution is 0.340. The first-order valence-corrected chi connectivity index (χ1v) is 6.00. The van der Waals surface area contributed by atoms with Crippen molar-refractivity contribution in [3.05, 3.63) is 30.1 Å². The highest BCUT2D eigenvalue weighted by atomic mass is 16.5. The molecular formula is C12H17N5O. The van der Waals surface area contributed by atoms with Gasteiger partial charge in [0.1, 0.15) is 5.75 Å². The summed E-state index contributed by atoms with van der Waals surface area (Å²) in [5.41, 5.74) is 0.877. The van der Waals surface area contributed by atoms with Crippen LogP contribution in [0.15, 0.2) is 24.3 Å². The zero-order chi connectivity index (χ0) is 12.8. The van der Waals surface area contributed by atoms with Crippen LogP contribution in [-0.4, -0.2) is 40.4 Å². The maximum absolute atomic E-state index is 5.38. The Morgan fingerprint density at radius 3 is 2.72 bits per heavy atom. The summed E-state index contributed by atoms with van der Waals surface area (Å²) in [6.07, 6.45) is 0.771. The standard InChI is InChI=1S/C12H17N5O/c1-3-18-11-6-4-10(5-7-11)17-15-12(14-16-17)8-9-13-2/h4-7,13H,3,8-9H2,1-2H3. The van der Waals surface area contributed by atoms with E-state index in [1.807, 2.05) is 38.2 Å². The summed E-state index contributed by atoms with van der Waals surface area (Å²) in [5.74, 6) is 1.58. The minimum absolute atomic E-state index is 0.662. The molecule has 0 atom stereocenters. The number of nitrogens with zero attached hydrogens (tertiary/aromatic N) is 4. The number of likely N-dealkylation sites (N-methyl/N-ethyl adjacent to an activating group) is 1. The molecule has 0 amide bonds. The van der Waals surface area contributed by atoms with Crippen molar-refractivity contribution in [1.82, 2.24) is 25.5 Å². The van der Waals surface area contributed by atoms with Gasteiger partial charge in [-0.3, -0.25) is 0 Å². The van der Waals surface area contributed by atoms with Gasteiger partial charge in [0.15, 0.2) is 5.82 Å². The lowest BCUT2D eigenvalue weighted by Crippen LogP contribution is -2.11. The molecule has 0 spiro atoms. The van der Waals surface area contributed by atoms with Crippen molar-refractivity contribution in [3.63, 3.8) is 0 Å². The van der Waals surface area contributed by atoms with Gasteiger partial charge in [0.25, 0.3) is 0 Å². The third-order valence-corrected chi connectivity index (χ3v) is 2.43. The number of rotatable bonds is 6. The first-order chi connectivity index (χ1) is 8.83. The number of benzene rings is 1. The van der Waals surface area contributed by atoms with Crippen LogP contribution in [0.5, 0.6) is 5.75 Å². The molecular weight excluding hydrogens is 230 g/mol. The molecule has 6 heteroatoms. The van der Waals surface area contributed by atoms with E-state index in [4.69, 9.17) is 4.74 Å². The summed E-state index contributed by atoms with van der Waals surface area (Å²) in [6.45, 7) is 3.46. The van der Waals surface area contributed by atoms with Crippen molar-refractivity contribution in [2.75, 3.05) is 20.2 Å². The van der Waals surface area contributed by atoms with Gasteiger partial charge >= 0.3 is 0 Å². The first kappa shape index (κ1) is 12.5. The number of tetrazole rings is 1. The van der Waals surface area contributed by atoms with Crippen LogP contribution in [0.4, 0.5) is 0 Å². The van der Waals surface area contributed by atoms with Crippen molar-refractivity contribution in [2.45, 2.75) is 13.3 Å². The molecule has 2 aromatic rings. The molecule has 96 valence electrons. The Kier molecular flexibility index (Phi) is 4.25. The zero-order valence-corrected chi connectivity index (χ0v) is 10.6. The van der Waals surface area contributed by atoms with Gasteiger partial charge in [0.2, 0.25) is 0 Å². The molecule has 0 unspecified atom stereocenters. The first-order valence-electron chi connectivity index (χ1n) is 6.00. The van der Waals surface area contributed by atoms with E-state index in [1.54, 1.807) is 0 Å². The Morgan fingerprint density at radius 1 is 1.28 bits per heavy atom. The van der Waals surface area contributed by atoms with Crippen LogP contribution in [0.1, 0.15) is 12.7 Å². The van der Waals surface area contributed by atoms with E-state index in [1.165, 1.54) is 4.80 Å². The van der Waals surface area contributed by atoms with Crippen molar-refractivity contribution >= 4 is 0 Å². The maximum Gasteiger partial charge on any atom is 0.176 e. The molecule has 0 aliphatic carbocycles. The third kappa shape index (κ3) is 3.04. The van der Waals surface area contributed by atoms with E-state index in [2.05, 4.69) is 20.7 Å². The van der Waals surface area contributed by atoms with Crippen LogP contribution in [-0.2, 0) is 6.42 Å². The van der Waals surface area contributed by atoms with E-state index in [0.29, 0.717) is 6.61 Å². The monoisotopic (exact) mass is 247 g/mol. The van der Waals surface area contributed by atoms with Gasteiger partial charge in [0.05, 0.1) is 12.3 Å². The SMILES string of the molecule is CCOc1ccc(-n2nnc(CCNC)n2)cc1. The molecule has 0 bridgehead atoms. The lowest BCUT2D eigenvalue weighted by atomic mass is 10.3. The predicted molar refractivity (Wildman–Crippen MR) is 68.0 cm³/mol. The Bertz CT molecular complexity index is 479. The van der Waals surface area contributed by atoms with Crippen LogP contribution in [0, 0.1) is 0 Å². The van der Waals surface area contributed by atoms with E-state index in [0.717, 1.165) is 30.2 Å². The molecule has 0 aliphatic rings. The molecule has 0 saturated heterocycles. The Balaban J connectivity index is 2.08. The number of aromatic nitrogens is 4. The van der Waals surface area contributed by atoms with Gasteiger partial charge in [-0.15, -0.1) is 15.0 Å². The minimum Gasteiger partial charge on any atom is -0.494 e.